The van der Waals surface area contributed by atoms with Crippen molar-refractivity contribution in [2.24, 2.45) is 5.92 Å². The van der Waals surface area contributed by atoms with Crippen LogP contribution in [-0.4, -0.2) is 48.6 Å². The molecule has 0 amide bonds. The highest BCUT2D eigenvalue weighted by Gasteiger charge is 2.40. The molecule has 0 N–H and O–H groups in total. The van der Waals surface area contributed by atoms with Crippen molar-refractivity contribution in [2.45, 2.75) is 13.0 Å². The quantitative estimate of drug-likeness (QED) is 0.443. The van der Waals surface area contributed by atoms with Gasteiger partial charge < -0.3 is 33.2 Å². The highest BCUT2D eigenvalue weighted by molar-refractivity contribution is 5.92. The lowest BCUT2D eigenvalue weighted by Gasteiger charge is -2.24. The van der Waals surface area contributed by atoms with Crippen molar-refractivity contribution in [3.8, 4) is 45.6 Å². The number of hydrogen-bond donors (Lipinski definition) is 0. The van der Waals surface area contributed by atoms with Crippen LogP contribution in [0.2, 0.25) is 0 Å². The minimum absolute atomic E-state index is 0.258. The summed E-state index contributed by atoms with van der Waals surface area (Å²) in [6.07, 6.45) is -0.599. The average molecular weight is 444 g/mol. The van der Waals surface area contributed by atoms with E-state index >= 15 is 0 Å². The van der Waals surface area contributed by atoms with E-state index in [1.165, 1.54) is 28.4 Å². The second kappa shape index (κ2) is 9.30. The SMILES string of the molecule is C=C1C(=O)O[C@@H](c2cc(OC)c(OC)c(OC)c2-c2cc(OC)c(OC)c(OC)c2)[C@H]1C. The van der Waals surface area contributed by atoms with Crippen LogP contribution in [-0.2, 0) is 9.53 Å². The van der Waals surface area contributed by atoms with E-state index in [0.29, 0.717) is 56.8 Å². The Morgan fingerprint density at radius 2 is 1.25 bits per heavy atom. The summed E-state index contributed by atoms with van der Waals surface area (Å²) in [4.78, 5) is 12.3. The Labute approximate surface area is 187 Å². The fraction of sp³-hybridized carbons (Fsp3) is 0.375. The standard InChI is InChI=1S/C24H28O8/c1-12-13(2)24(25)32-20(12)15-11-18(28-5)22(30-7)23(31-8)19(15)14-9-16(26-3)21(29-6)17(10-14)27-4/h9-12,20H,2H2,1,3-8H3/t12-,20+/m0/s1. The molecular weight excluding hydrogens is 416 g/mol. The molecule has 0 radical (unpaired) electrons. The zero-order valence-electron chi connectivity index (χ0n) is 19.4. The van der Waals surface area contributed by atoms with E-state index in [1.54, 1.807) is 32.4 Å². The minimum Gasteiger partial charge on any atom is -0.493 e. The van der Waals surface area contributed by atoms with Crippen LogP contribution in [0.15, 0.2) is 30.4 Å². The Balaban J connectivity index is 2.41. The maximum absolute atomic E-state index is 12.3. The average Bonchev–Trinajstić information content (AvgIpc) is 3.08. The first-order chi connectivity index (χ1) is 15.4. The number of carbonyl (C=O) groups is 1. The first-order valence-electron chi connectivity index (χ1n) is 9.89. The third-order valence-electron chi connectivity index (χ3n) is 5.62. The molecule has 3 rings (SSSR count). The van der Waals surface area contributed by atoms with Gasteiger partial charge in [-0.25, -0.2) is 4.79 Å². The van der Waals surface area contributed by atoms with Gasteiger partial charge in [-0.1, -0.05) is 13.5 Å². The Hall–Kier alpha value is -3.55. The Morgan fingerprint density at radius 3 is 1.66 bits per heavy atom. The molecule has 8 nitrogen and oxygen atoms in total. The summed E-state index contributed by atoms with van der Waals surface area (Å²) in [5.41, 5.74) is 2.41. The van der Waals surface area contributed by atoms with E-state index < -0.39 is 12.1 Å². The monoisotopic (exact) mass is 444 g/mol. The van der Waals surface area contributed by atoms with Gasteiger partial charge in [-0.3, -0.25) is 0 Å². The fourth-order valence-electron chi connectivity index (χ4n) is 3.92. The number of hydrogen-bond acceptors (Lipinski definition) is 8. The van der Waals surface area contributed by atoms with Gasteiger partial charge in [0.15, 0.2) is 23.0 Å². The number of rotatable bonds is 8. The molecule has 8 heteroatoms. The maximum atomic E-state index is 12.3. The van der Waals surface area contributed by atoms with Crippen molar-refractivity contribution >= 4 is 5.97 Å². The highest BCUT2D eigenvalue weighted by Crippen LogP contribution is 2.53. The zero-order valence-corrected chi connectivity index (χ0v) is 19.4. The van der Waals surface area contributed by atoms with Crippen LogP contribution < -0.4 is 28.4 Å². The predicted molar refractivity (Wildman–Crippen MR) is 118 cm³/mol. The molecule has 1 fully saturated rings. The van der Waals surface area contributed by atoms with Gasteiger partial charge in [0, 0.05) is 22.6 Å². The summed E-state index contributed by atoms with van der Waals surface area (Å²) in [7, 11) is 9.21. The summed E-state index contributed by atoms with van der Waals surface area (Å²) in [5, 5.41) is 0. The van der Waals surface area contributed by atoms with Gasteiger partial charge in [-0.15, -0.1) is 0 Å². The number of esters is 1. The third-order valence-corrected chi connectivity index (χ3v) is 5.62. The maximum Gasteiger partial charge on any atom is 0.334 e. The molecule has 2 aromatic carbocycles. The first kappa shape index (κ1) is 23.1. The predicted octanol–water partition coefficient (Wildman–Crippen LogP) is 4.20. The molecule has 1 saturated heterocycles. The van der Waals surface area contributed by atoms with Crippen molar-refractivity contribution in [2.75, 3.05) is 42.7 Å². The van der Waals surface area contributed by atoms with Crippen molar-refractivity contribution in [3.63, 3.8) is 0 Å². The van der Waals surface area contributed by atoms with Gasteiger partial charge in [0.1, 0.15) is 6.10 Å². The molecular formula is C24H28O8. The Morgan fingerprint density at radius 1 is 0.750 bits per heavy atom. The van der Waals surface area contributed by atoms with E-state index in [2.05, 4.69) is 6.58 Å². The zero-order chi connectivity index (χ0) is 23.6. The van der Waals surface area contributed by atoms with E-state index in [-0.39, 0.29) is 5.92 Å². The molecule has 0 spiro atoms. The normalized spacial score (nSPS) is 17.6. The molecule has 2 aromatic rings. The molecule has 0 aromatic heterocycles. The lowest BCUT2D eigenvalue weighted by molar-refractivity contribution is -0.139. The Kier molecular flexibility index (Phi) is 6.72. The second-order valence-corrected chi connectivity index (χ2v) is 7.16. The van der Waals surface area contributed by atoms with E-state index in [4.69, 9.17) is 33.2 Å². The van der Waals surface area contributed by atoms with Gasteiger partial charge in [0.05, 0.1) is 42.7 Å². The summed E-state index contributed by atoms with van der Waals surface area (Å²) in [6, 6.07) is 5.38. The van der Waals surface area contributed by atoms with Crippen molar-refractivity contribution in [1.29, 1.82) is 0 Å². The van der Waals surface area contributed by atoms with Crippen LogP contribution in [0.3, 0.4) is 0 Å². The van der Waals surface area contributed by atoms with Crippen molar-refractivity contribution in [1.82, 2.24) is 0 Å². The van der Waals surface area contributed by atoms with Crippen molar-refractivity contribution < 1.29 is 38.0 Å². The number of cyclic esters (lactones) is 1. The smallest absolute Gasteiger partial charge is 0.334 e. The summed E-state index contributed by atoms with van der Waals surface area (Å²) in [5.74, 6) is 1.94. The van der Waals surface area contributed by atoms with Gasteiger partial charge in [0.2, 0.25) is 11.5 Å². The summed E-state index contributed by atoms with van der Waals surface area (Å²) in [6.45, 7) is 5.76. The second-order valence-electron chi connectivity index (χ2n) is 7.16. The van der Waals surface area contributed by atoms with Crippen LogP contribution in [0, 0.1) is 5.92 Å². The van der Waals surface area contributed by atoms with Crippen LogP contribution in [0.4, 0.5) is 0 Å². The van der Waals surface area contributed by atoms with Gasteiger partial charge >= 0.3 is 5.97 Å². The third kappa shape index (κ3) is 3.66. The lowest BCUT2D eigenvalue weighted by Crippen LogP contribution is -2.09. The molecule has 2 atom stereocenters. The number of carbonyl (C=O) groups excluding carboxylic acids is 1. The topological polar surface area (TPSA) is 81.7 Å². The molecule has 0 bridgehead atoms. The minimum atomic E-state index is -0.599. The summed E-state index contributed by atoms with van der Waals surface area (Å²) < 4.78 is 39.1. The largest absolute Gasteiger partial charge is 0.493 e. The molecule has 1 aliphatic heterocycles. The number of benzene rings is 2. The van der Waals surface area contributed by atoms with Crippen LogP contribution in [0.25, 0.3) is 11.1 Å². The van der Waals surface area contributed by atoms with E-state index in [0.717, 1.165) is 0 Å². The molecule has 0 saturated carbocycles. The molecule has 0 unspecified atom stereocenters. The molecule has 1 heterocycles. The Bertz CT molecular complexity index is 1020. The van der Waals surface area contributed by atoms with Gasteiger partial charge in [-0.05, 0) is 23.8 Å². The molecule has 32 heavy (non-hydrogen) atoms. The van der Waals surface area contributed by atoms with E-state index in [9.17, 15) is 4.79 Å². The van der Waals surface area contributed by atoms with Gasteiger partial charge in [0.25, 0.3) is 0 Å². The van der Waals surface area contributed by atoms with E-state index in [1.807, 2.05) is 6.92 Å². The number of methoxy groups -OCH3 is 6. The highest BCUT2D eigenvalue weighted by atomic mass is 16.6. The lowest BCUT2D eigenvalue weighted by atomic mass is 9.87. The van der Waals surface area contributed by atoms with Crippen LogP contribution in [0.5, 0.6) is 34.5 Å². The van der Waals surface area contributed by atoms with Crippen LogP contribution in [0.1, 0.15) is 18.6 Å². The van der Waals surface area contributed by atoms with Gasteiger partial charge in [-0.2, -0.15) is 0 Å². The molecule has 172 valence electrons. The summed E-state index contributed by atoms with van der Waals surface area (Å²) >= 11 is 0. The first-order valence-corrected chi connectivity index (χ1v) is 9.89. The number of ether oxygens (including phenoxy) is 7. The van der Waals surface area contributed by atoms with Crippen molar-refractivity contribution in [3.05, 3.63) is 35.9 Å². The fourth-order valence-corrected chi connectivity index (χ4v) is 3.92. The molecule has 1 aliphatic rings. The molecule has 0 aliphatic carbocycles. The van der Waals surface area contributed by atoms with Crippen LogP contribution >= 0.6 is 0 Å².